The number of halogens is 2. The summed E-state index contributed by atoms with van der Waals surface area (Å²) in [5.74, 6) is 0. The Kier molecular flexibility index (Phi) is 5.19. The van der Waals surface area contributed by atoms with Gasteiger partial charge < -0.3 is 10.8 Å². The van der Waals surface area contributed by atoms with Crippen LogP contribution >= 0.6 is 23.2 Å². The van der Waals surface area contributed by atoms with E-state index in [-0.39, 0.29) is 17.5 Å². The van der Waals surface area contributed by atoms with E-state index in [0.717, 1.165) is 24.0 Å². The van der Waals surface area contributed by atoms with Crippen molar-refractivity contribution in [2.75, 3.05) is 6.54 Å². The molecular weight excluding hydrogens is 335 g/mol. The predicted molar refractivity (Wildman–Crippen MR) is 94.2 cm³/mol. The lowest BCUT2D eigenvalue weighted by Gasteiger charge is -2.39. The maximum atomic E-state index is 11.9. The van der Waals surface area contributed by atoms with Crippen molar-refractivity contribution in [1.29, 1.82) is 0 Å². The molecule has 0 radical (unpaired) electrons. The van der Waals surface area contributed by atoms with Gasteiger partial charge in [0, 0.05) is 0 Å². The Morgan fingerprint density at radius 2 is 1.96 bits per heavy atom. The monoisotopic (exact) mass is 358 g/mol. The van der Waals surface area contributed by atoms with Crippen LogP contribution in [-0.2, 0) is 13.0 Å². The van der Waals surface area contributed by atoms with Crippen LogP contribution in [0.3, 0.4) is 0 Å². The Labute approximate surface area is 147 Å². The van der Waals surface area contributed by atoms with E-state index in [0.29, 0.717) is 23.0 Å². The van der Waals surface area contributed by atoms with E-state index in [1.807, 2.05) is 6.07 Å². The minimum Gasteiger partial charge on any atom is -0.465 e. The molecule has 1 aromatic carbocycles. The smallest absolute Gasteiger partial charge is 0.408 e. The third kappa shape index (κ3) is 3.59. The maximum absolute atomic E-state index is 11.9. The molecule has 0 spiro atoms. The summed E-state index contributed by atoms with van der Waals surface area (Å²) < 4.78 is 0. The molecule has 0 aromatic heterocycles. The molecule has 6 heteroatoms. The topological polar surface area (TPSA) is 66.6 Å². The highest BCUT2D eigenvalue weighted by molar-refractivity contribution is 6.42. The second-order valence-corrected chi connectivity index (χ2v) is 8.02. The Balaban J connectivity index is 2.37. The Morgan fingerprint density at radius 1 is 1.35 bits per heavy atom. The quantitative estimate of drug-likeness (QED) is 0.810. The van der Waals surface area contributed by atoms with Gasteiger partial charge in [-0.05, 0) is 48.4 Å². The molecular formula is C17H24Cl2N2O2. The summed E-state index contributed by atoms with van der Waals surface area (Å²) in [5.41, 5.74) is 6.85. The fraction of sp³-hybridized carbons (Fsp3) is 0.588. The summed E-state index contributed by atoms with van der Waals surface area (Å²) in [6, 6.07) is 3.71. The van der Waals surface area contributed by atoms with Crippen molar-refractivity contribution in [2.24, 2.45) is 11.1 Å². The van der Waals surface area contributed by atoms with Gasteiger partial charge in [0.15, 0.2) is 0 Å². The van der Waals surface area contributed by atoms with Gasteiger partial charge in [0.2, 0.25) is 0 Å². The molecule has 1 fully saturated rings. The van der Waals surface area contributed by atoms with Gasteiger partial charge in [-0.15, -0.1) is 0 Å². The second kappa shape index (κ2) is 6.50. The number of hydrogen-bond donors (Lipinski definition) is 2. The van der Waals surface area contributed by atoms with Gasteiger partial charge in [-0.25, -0.2) is 4.79 Å². The molecule has 0 bridgehead atoms. The highest BCUT2D eigenvalue weighted by Crippen LogP contribution is 2.55. The van der Waals surface area contributed by atoms with Gasteiger partial charge >= 0.3 is 6.09 Å². The number of amides is 1. The maximum Gasteiger partial charge on any atom is 0.408 e. The van der Waals surface area contributed by atoms with Crippen molar-refractivity contribution in [3.8, 4) is 0 Å². The van der Waals surface area contributed by atoms with Crippen molar-refractivity contribution < 1.29 is 9.90 Å². The predicted octanol–water partition coefficient (Wildman–Crippen LogP) is 4.55. The molecule has 1 saturated carbocycles. The van der Waals surface area contributed by atoms with E-state index in [1.165, 1.54) is 4.90 Å². The number of hydrogen-bond acceptors (Lipinski definition) is 2. The lowest BCUT2D eigenvalue weighted by atomic mass is 9.82. The molecule has 1 aromatic rings. The van der Waals surface area contributed by atoms with Crippen molar-refractivity contribution >= 4 is 29.3 Å². The zero-order valence-corrected chi connectivity index (χ0v) is 15.3. The van der Waals surface area contributed by atoms with E-state index in [4.69, 9.17) is 28.9 Å². The molecule has 1 aliphatic rings. The van der Waals surface area contributed by atoms with Gasteiger partial charge in [-0.1, -0.05) is 50.0 Å². The van der Waals surface area contributed by atoms with Gasteiger partial charge in [-0.3, -0.25) is 4.90 Å². The molecule has 0 saturated heterocycles. The van der Waals surface area contributed by atoms with Crippen LogP contribution in [0.25, 0.3) is 0 Å². The molecule has 23 heavy (non-hydrogen) atoms. The average molecular weight is 359 g/mol. The SMILES string of the molecule is CC(C)(C)C1(N(Cc2cc(CCN)cc(Cl)c2Cl)C(=O)O)CC1. The van der Waals surface area contributed by atoms with Crippen LogP contribution in [0.5, 0.6) is 0 Å². The van der Waals surface area contributed by atoms with Crippen LogP contribution in [-0.4, -0.2) is 28.2 Å². The fourth-order valence-electron chi connectivity index (χ4n) is 3.25. The van der Waals surface area contributed by atoms with Gasteiger partial charge in [0.05, 0.1) is 22.1 Å². The normalized spacial score (nSPS) is 16.3. The van der Waals surface area contributed by atoms with Crippen molar-refractivity contribution in [3.05, 3.63) is 33.3 Å². The highest BCUT2D eigenvalue weighted by Gasteiger charge is 2.58. The Bertz CT molecular complexity index is 607. The molecule has 128 valence electrons. The third-order valence-corrected chi connectivity index (χ3v) is 5.63. The number of nitrogens with two attached hydrogens (primary N) is 1. The summed E-state index contributed by atoms with van der Waals surface area (Å²) in [5, 5.41) is 10.6. The van der Waals surface area contributed by atoms with Crippen LogP contribution in [0.15, 0.2) is 12.1 Å². The summed E-state index contributed by atoms with van der Waals surface area (Å²) in [7, 11) is 0. The van der Waals surface area contributed by atoms with Crippen molar-refractivity contribution in [2.45, 2.75) is 52.1 Å². The number of carboxylic acid groups (broad SMARTS) is 1. The molecule has 0 heterocycles. The number of nitrogens with zero attached hydrogens (tertiary/aromatic N) is 1. The first-order valence-corrected chi connectivity index (χ1v) is 8.55. The lowest BCUT2D eigenvalue weighted by Crippen LogP contribution is -2.48. The fourth-order valence-corrected chi connectivity index (χ4v) is 3.68. The van der Waals surface area contributed by atoms with Crippen LogP contribution in [0.1, 0.15) is 44.7 Å². The summed E-state index contributed by atoms with van der Waals surface area (Å²) in [6.45, 7) is 6.98. The van der Waals surface area contributed by atoms with E-state index in [9.17, 15) is 9.90 Å². The molecule has 0 aliphatic heterocycles. The molecule has 2 rings (SSSR count). The highest BCUT2D eigenvalue weighted by atomic mass is 35.5. The number of carbonyl (C=O) groups is 1. The van der Waals surface area contributed by atoms with Crippen LogP contribution in [0, 0.1) is 5.41 Å². The standard InChI is InChI=1S/C17H24Cl2N2O2/c1-16(2,3)17(5-6-17)21(15(22)23)10-12-8-11(4-7-20)9-13(18)14(12)19/h8-9H,4-7,10,20H2,1-3H3,(H,22,23). The molecule has 3 N–H and O–H groups in total. The Hall–Kier alpha value is -0.970. The molecule has 1 amide bonds. The average Bonchev–Trinajstić information content (AvgIpc) is 3.21. The van der Waals surface area contributed by atoms with Crippen LogP contribution in [0.2, 0.25) is 10.0 Å². The first-order chi connectivity index (χ1) is 10.6. The summed E-state index contributed by atoms with van der Waals surface area (Å²) in [4.78, 5) is 13.4. The van der Waals surface area contributed by atoms with E-state index >= 15 is 0 Å². The zero-order valence-electron chi connectivity index (χ0n) is 13.8. The third-order valence-electron chi connectivity index (χ3n) is 4.79. The first-order valence-electron chi connectivity index (χ1n) is 7.80. The second-order valence-electron chi connectivity index (χ2n) is 7.24. The van der Waals surface area contributed by atoms with Crippen LogP contribution in [0.4, 0.5) is 4.79 Å². The summed E-state index contributed by atoms with van der Waals surface area (Å²) in [6.07, 6.45) is 1.50. The minimum absolute atomic E-state index is 0.128. The molecule has 4 nitrogen and oxygen atoms in total. The van der Waals surface area contributed by atoms with Crippen molar-refractivity contribution in [1.82, 2.24) is 4.90 Å². The minimum atomic E-state index is -0.922. The molecule has 0 atom stereocenters. The number of rotatable bonds is 5. The van der Waals surface area contributed by atoms with Gasteiger partial charge in [-0.2, -0.15) is 0 Å². The largest absolute Gasteiger partial charge is 0.465 e. The zero-order chi connectivity index (χ0) is 17.4. The van der Waals surface area contributed by atoms with E-state index in [2.05, 4.69) is 20.8 Å². The lowest BCUT2D eigenvalue weighted by molar-refractivity contribution is 0.0630. The first kappa shape index (κ1) is 18.4. The van der Waals surface area contributed by atoms with E-state index in [1.54, 1.807) is 6.07 Å². The molecule has 1 aliphatic carbocycles. The molecule has 0 unspecified atom stereocenters. The van der Waals surface area contributed by atoms with Gasteiger partial charge in [0.25, 0.3) is 0 Å². The van der Waals surface area contributed by atoms with Gasteiger partial charge in [0.1, 0.15) is 0 Å². The Morgan fingerprint density at radius 3 is 2.39 bits per heavy atom. The van der Waals surface area contributed by atoms with Crippen molar-refractivity contribution in [3.63, 3.8) is 0 Å². The van der Waals surface area contributed by atoms with E-state index < -0.39 is 6.09 Å². The summed E-state index contributed by atoms with van der Waals surface area (Å²) >= 11 is 12.5. The van der Waals surface area contributed by atoms with Crippen LogP contribution < -0.4 is 5.73 Å². The number of benzene rings is 1.